The normalized spacial score (nSPS) is 14.9. The summed E-state index contributed by atoms with van der Waals surface area (Å²) in [7, 11) is 0. The van der Waals surface area contributed by atoms with Crippen LogP contribution in [0.3, 0.4) is 0 Å². The van der Waals surface area contributed by atoms with Crippen molar-refractivity contribution < 1.29 is 18.7 Å². The van der Waals surface area contributed by atoms with E-state index in [2.05, 4.69) is 50.2 Å². The van der Waals surface area contributed by atoms with Crippen molar-refractivity contribution in [2.24, 2.45) is 4.99 Å². The zero-order valence-corrected chi connectivity index (χ0v) is 28.7. The third-order valence-corrected chi connectivity index (χ3v) is 9.71. The Balaban J connectivity index is 1.54. The molecule has 0 fully saturated rings. The molecule has 0 unspecified atom stereocenters. The minimum atomic E-state index is -0.805. The van der Waals surface area contributed by atoms with Gasteiger partial charge in [-0.3, -0.25) is 9.36 Å². The number of esters is 1. The second kappa shape index (κ2) is 13.2. The van der Waals surface area contributed by atoms with Crippen LogP contribution >= 0.6 is 79.7 Å². The maximum absolute atomic E-state index is 13.8. The third-order valence-electron chi connectivity index (χ3n) is 6.39. The summed E-state index contributed by atoms with van der Waals surface area (Å²) < 4.78 is 28.8. The lowest BCUT2D eigenvalue weighted by Gasteiger charge is -2.24. The van der Waals surface area contributed by atoms with E-state index in [0.29, 0.717) is 43.0 Å². The van der Waals surface area contributed by atoms with Gasteiger partial charge < -0.3 is 9.47 Å². The Morgan fingerprint density at radius 1 is 1.10 bits per heavy atom. The topological polar surface area (TPSA) is 69.9 Å². The van der Waals surface area contributed by atoms with Crippen LogP contribution in [0, 0.1) is 13.0 Å². The predicted molar refractivity (Wildman–Crippen MR) is 179 cm³/mol. The van der Waals surface area contributed by atoms with Gasteiger partial charge in [-0.2, -0.15) is 0 Å². The van der Waals surface area contributed by atoms with E-state index in [1.54, 1.807) is 44.2 Å². The van der Waals surface area contributed by atoms with Gasteiger partial charge in [-0.05, 0) is 118 Å². The minimum Gasteiger partial charge on any atom is -0.487 e. The van der Waals surface area contributed by atoms with E-state index < -0.39 is 17.8 Å². The Morgan fingerprint density at radius 2 is 1.79 bits per heavy atom. The summed E-state index contributed by atoms with van der Waals surface area (Å²) in [5.74, 6) is -0.270. The average Bonchev–Trinajstić information content (AvgIpc) is 3.24. The van der Waals surface area contributed by atoms with E-state index in [-0.39, 0.29) is 17.7 Å². The lowest BCUT2D eigenvalue weighted by Crippen LogP contribution is -2.39. The number of hydrogen-bond donors (Lipinski definition) is 0. The van der Waals surface area contributed by atoms with E-state index >= 15 is 0 Å². The molecule has 0 amide bonds. The maximum atomic E-state index is 13.8. The molecule has 0 bridgehead atoms. The number of allylic oxidation sites excluding steroid dienone is 1. The zero-order chi connectivity index (χ0) is 30.1. The molecule has 3 aromatic carbocycles. The summed E-state index contributed by atoms with van der Waals surface area (Å²) in [6, 6.07) is 14.2. The fraction of sp³-hybridized carbons (Fsp3) is 0.167. The molecule has 1 atom stereocenters. The average molecular weight is 849 g/mol. The molecule has 1 aliphatic heterocycles. The molecule has 12 heteroatoms. The first kappa shape index (κ1) is 31.2. The van der Waals surface area contributed by atoms with Crippen LogP contribution < -0.4 is 19.6 Å². The fourth-order valence-corrected chi connectivity index (χ4v) is 7.98. The van der Waals surface area contributed by atoms with Crippen LogP contribution in [0.2, 0.25) is 10.0 Å². The highest BCUT2D eigenvalue weighted by Gasteiger charge is 2.33. The summed E-state index contributed by atoms with van der Waals surface area (Å²) >= 11 is 17.8. The van der Waals surface area contributed by atoms with Gasteiger partial charge in [0.2, 0.25) is 0 Å². The first-order chi connectivity index (χ1) is 20.1. The van der Waals surface area contributed by atoms with Crippen LogP contribution in [-0.2, 0) is 16.1 Å². The van der Waals surface area contributed by atoms with E-state index in [1.807, 2.05) is 18.2 Å². The van der Waals surface area contributed by atoms with Crippen molar-refractivity contribution in [3.05, 3.63) is 125 Å². The molecule has 42 heavy (non-hydrogen) atoms. The Kier molecular flexibility index (Phi) is 9.77. The lowest BCUT2D eigenvalue weighted by atomic mass is 9.96. The summed E-state index contributed by atoms with van der Waals surface area (Å²) in [6.07, 6.45) is 1.79. The van der Waals surface area contributed by atoms with Gasteiger partial charge in [-0.25, -0.2) is 14.2 Å². The predicted octanol–water partition coefficient (Wildman–Crippen LogP) is 7.03. The van der Waals surface area contributed by atoms with Crippen molar-refractivity contribution in [3.63, 3.8) is 0 Å². The number of hydrogen-bond acceptors (Lipinski definition) is 6. The van der Waals surface area contributed by atoms with Crippen molar-refractivity contribution in [1.82, 2.24) is 4.57 Å². The summed E-state index contributed by atoms with van der Waals surface area (Å²) in [5.41, 5.74) is 2.64. The molecule has 0 radical (unpaired) electrons. The molecular formula is C30H21Cl2FI2N2O4S. The molecule has 0 saturated heterocycles. The Bertz CT molecular complexity index is 1900. The summed E-state index contributed by atoms with van der Waals surface area (Å²) in [6.45, 7) is 3.90. The van der Waals surface area contributed by atoms with E-state index in [0.717, 1.165) is 18.3 Å². The second-order valence-corrected chi connectivity index (χ2v) is 13.4. The number of benzene rings is 3. The van der Waals surface area contributed by atoms with Gasteiger partial charge in [-0.15, -0.1) is 0 Å². The number of aromatic nitrogens is 1. The number of nitrogens with zero attached hydrogens (tertiary/aromatic N) is 2. The molecule has 5 rings (SSSR count). The van der Waals surface area contributed by atoms with Gasteiger partial charge in [0.25, 0.3) is 5.56 Å². The summed E-state index contributed by atoms with van der Waals surface area (Å²) in [4.78, 5) is 31.9. The highest BCUT2D eigenvalue weighted by atomic mass is 127. The first-order valence-electron chi connectivity index (χ1n) is 12.6. The molecular weight excluding hydrogens is 828 g/mol. The molecule has 0 spiro atoms. The van der Waals surface area contributed by atoms with Gasteiger partial charge in [-0.1, -0.05) is 52.7 Å². The second-order valence-electron chi connectivity index (χ2n) is 9.20. The number of carbonyl (C=O) groups excluding carboxylic acids is 1. The number of fused-ring (bicyclic) bond motifs is 1. The number of rotatable bonds is 7. The minimum absolute atomic E-state index is 0.167. The Labute approximate surface area is 281 Å². The van der Waals surface area contributed by atoms with Crippen LogP contribution in [0.4, 0.5) is 4.39 Å². The van der Waals surface area contributed by atoms with Crippen LogP contribution in [-0.4, -0.2) is 17.1 Å². The van der Waals surface area contributed by atoms with E-state index in [4.69, 9.17) is 32.7 Å². The lowest BCUT2D eigenvalue weighted by molar-refractivity contribution is -0.139. The maximum Gasteiger partial charge on any atom is 0.338 e. The number of carbonyl (C=O) groups is 1. The SMILES string of the molecule is CCOC(=O)C1=C(C)N=c2sc(=Cc3cc(I)c(OCc4ccc(Cl)c(Cl)c4)c(I)c3)c(=O)n2[C@@H]1c1ccc(F)cc1. The van der Waals surface area contributed by atoms with Crippen molar-refractivity contribution in [2.45, 2.75) is 26.5 Å². The zero-order valence-electron chi connectivity index (χ0n) is 22.1. The van der Waals surface area contributed by atoms with Gasteiger partial charge in [0, 0.05) is 0 Å². The van der Waals surface area contributed by atoms with Crippen molar-refractivity contribution in [1.29, 1.82) is 0 Å². The number of thiazole rings is 1. The largest absolute Gasteiger partial charge is 0.487 e. The monoisotopic (exact) mass is 848 g/mol. The molecule has 4 aromatic rings. The van der Waals surface area contributed by atoms with Gasteiger partial charge in [0.1, 0.15) is 18.2 Å². The van der Waals surface area contributed by atoms with Crippen molar-refractivity contribution in [2.75, 3.05) is 6.61 Å². The standard InChI is InChI=1S/C30H21Cl2FI2N2O4S/c1-3-40-29(39)25-15(2)36-30-37(26(25)18-5-7-19(33)8-6-18)28(38)24(42-30)13-17-11-22(34)27(23(35)12-17)41-14-16-4-9-20(31)21(32)10-16/h4-13,26H,3,14H2,1-2H3/t26-/m1/s1. The van der Waals surface area contributed by atoms with Gasteiger partial charge in [0.05, 0.1) is 45.6 Å². The Hall–Kier alpha value is -2.26. The molecule has 216 valence electrons. The van der Waals surface area contributed by atoms with Gasteiger partial charge >= 0.3 is 5.97 Å². The molecule has 0 saturated carbocycles. The molecule has 0 aliphatic carbocycles. The molecule has 1 aliphatic rings. The third kappa shape index (κ3) is 6.47. The quantitative estimate of drug-likeness (QED) is 0.148. The molecule has 0 N–H and O–H groups in total. The van der Waals surface area contributed by atoms with Crippen LogP contribution in [0.1, 0.15) is 36.6 Å². The van der Waals surface area contributed by atoms with Crippen LogP contribution in [0.25, 0.3) is 6.08 Å². The fourth-order valence-electron chi connectivity index (χ4n) is 4.49. The van der Waals surface area contributed by atoms with Crippen LogP contribution in [0.5, 0.6) is 5.75 Å². The molecule has 1 aromatic heterocycles. The van der Waals surface area contributed by atoms with Crippen molar-refractivity contribution in [3.8, 4) is 5.75 Å². The molecule has 6 nitrogen and oxygen atoms in total. The first-order valence-corrected chi connectivity index (χ1v) is 16.3. The highest BCUT2D eigenvalue weighted by Crippen LogP contribution is 2.32. The van der Waals surface area contributed by atoms with Gasteiger partial charge in [0.15, 0.2) is 4.80 Å². The highest BCUT2D eigenvalue weighted by molar-refractivity contribution is 14.1. The van der Waals surface area contributed by atoms with Crippen molar-refractivity contribution >= 4 is 91.8 Å². The molecule has 2 heterocycles. The number of ether oxygens (including phenoxy) is 2. The number of halogens is 5. The smallest absolute Gasteiger partial charge is 0.338 e. The van der Waals surface area contributed by atoms with Crippen LogP contribution in [0.15, 0.2) is 75.7 Å². The van der Waals surface area contributed by atoms with E-state index in [1.165, 1.54) is 28.0 Å². The van der Waals surface area contributed by atoms with E-state index in [9.17, 15) is 14.0 Å². The summed E-state index contributed by atoms with van der Waals surface area (Å²) in [5, 5.41) is 0.945. The Morgan fingerprint density at radius 3 is 2.43 bits per heavy atom.